The molecular weight excluding hydrogens is 333 g/mol. The lowest BCUT2D eigenvalue weighted by atomic mass is 10.1. The molecule has 2 aromatic carbocycles. The Kier molecular flexibility index (Phi) is 4.71. The molecule has 0 aliphatic heterocycles. The molecule has 5 nitrogen and oxygen atoms in total. The first-order valence-electron chi connectivity index (χ1n) is 6.21. The summed E-state index contributed by atoms with van der Waals surface area (Å²) in [5.74, 6) is -5.86. The molecule has 0 saturated carbocycles. The van der Waals surface area contributed by atoms with Gasteiger partial charge in [-0.1, -0.05) is 12.1 Å². The quantitative estimate of drug-likeness (QED) is 0.833. The zero-order valence-corrected chi connectivity index (χ0v) is 12.3. The molecule has 0 radical (unpaired) electrons. The number of carbonyl (C=O) groups excluding carboxylic acids is 1. The summed E-state index contributed by atoms with van der Waals surface area (Å²) in [6.45, 7) is 0. The van der Waals surface area contributed by atoms with E-state index < -0.39 is 44.7 Å². The van der Waals surface area contributed by atoms with Crippen LogP contribution < -0.4 is 10.5 Å². The molecule has 0 unspecified atom stereocenters. The fourth-order valence-electron chi connectivity index (χ4n) is 1.90. The molecule has 23 heavy (non-hydrogen) atoms. The number of nitrogens with two attached hydrogens (primary N) is 1. The lowest BCUT2D eigenvalue weighted by Crippen LogP contribution is -2.17. The van der Waals surface area contributed by atoms with E-state index in [1.807, 2.05) is 0 Å². The van der Waals surface area contributed by atoms with Gasteiger partial charge >= 0.3 is 0 Å². The highest BCUT2D eigenvalue weighted by Crippen LogP contribution is 2.19. The summed E-state index contributed by atoms with van der Waals surface area (Å²) >= 11 is 0. The molecule has 0 aromatic heterocycles. The molecule has 3 N–H and O–H groups in total. The average Bonchev–Trinajstić information content (AvgIpc) is 2.42. The molecule has 0 aliphatic rings. The lowest BCUT2D eigenvalue weighted by Gasteiger charge is -2.09. The van der Waals surface area contributed by atoms with E-state index in [1.165, 1.54) is 24.3 Å². The molecule has 9 heteroatoms. The van der Waals surface area contributed by atoms with Crippen molar-refractivity contribution < 1.29 is 26.4 Å². The highest BCUT2D eigenvalue weighted by molar-refractivity contribution is 7.88. The van der Waals surface area contributed by atoms with Gasteiger partial charge < -0.3 is 5.32 Å². The van der Waals surface area contributed by atoms with Crippen LogP contribution in [0.5, 0.6) is 0 Å². The van der Waals surface area contributed by atoms with Gasteiger partial charge in [0.05, 0.1) is 5.75 Å². The summed E-state index contributed by atoms with van der Waals surface area (Å²) in [6, 6.07) is 6.72. The third kappa shape index (κ3) is 4.30. The Morgan fingerprint density at radius 1 is 1.09 bits per heavy atom. The van der Waals surface area contributed by atoms with Crippen LogP contribution in [0.15, 0.2) is 36.4 Å². The first-order chi connectivity index (χ1) is 10.7. The summed E-state index contributed by atoms with van der Waals surface area (Å²) < 4.78 is 62.2. The Labute approximate surface area is 130 Å². The highest BCUT2D eigenvalue weighted by Gasteiger charge is 2.21. The summed E-state index contributed by atoms with van der Waals surface area (Å²) in [4.78, 5) is 11.9. The van der Waals surface area contributed by atoms with Gasteiger partial charge in [0.25, 0.3) is 5.91 Å². The number of rotatable bonds is 4. The standard InChI is InChI=1S/C14H11F3N2O3S/c15-10-4-5-11(16)13(17)12(10)14(20)19-9-3-1-2-8(6-9)7-23(18,21)22/h1-6H,7H2,(H,19,20)(H2,18,21,22). The van der Waals surface area contributed by atoms with Gasteiger partial charge in [0.1, 0.15) is 11.4 Å². The van der Waals surface area contributed by atoms with E-state index in [1.54, 1.807) is 0 Å². The number of sulfonamides is 1. The molecule has 0 saturated heterocycles. The molecule has 2 rings (SSSR count). The Morgan fingerprint density at radius 3 is 2.39 bits per heavy atom. The smallest absolute Gasteiger partial charge is 0.261 e. The molecular formula is C14H11F3N2O3S. The maximum atomic E-state index is 13.5. The van der Waals surface area contributed by atoms with Crippen molar-refractivity contribution in [2.75, 3.05) is 5.32 Å². The fraction of sp³-hybridized carbons (Fsp3) is 0.0714. The van der Waals surface area contributed by atoms with E-state index >= 15 is 0 Å². The van der Waals surface area contributed by atoms with Gasteiger partial charge in [0.2, 0.25) is 10.0 Å². The summed E-state index contributed by atoms with van der Waals surface area (Å²) in [5, 5.41) is 7.08. The van der Waals surface area contributed by atoms with E-state index in [4.69, 9.17) is 5.14 Å². The Hall–Kier alpha value is -2.39. The van der Waals surface area contributed by atoms with Crippen LogP contribution >= 0.6 is 0 Å². The summed E-state index contributed by atoms with van der Waals surface area (Å²) in [5.41, 5.74) is -0.716. The van der Waals surface area contributed by atoms with Crippen LogP contribution in [-0.4, -0.2) is 14.3 Å². The zero-order chi connectivity index (χ0) is 17.2. The third-order valence-corrected chi connectivity index (χ3v) is 3.56. The van der Waals surface area contributed by atoms with Crippen molar-refractivity contribution in [2.24, 2.45) is 5.14 Å². The van der Waals surface area contributed by atoms with Crippen LogP contribution in [0.1, 0.15) is 15.9 Å². The SMILES string of the molecule is NS(=O)(=O)Cc1cccc(NC(=O)c2c(F)ccc(F)c2F)c1. The molecule has 0 heterocycles. The van der Waals surface area contributed by atoms with Gasteiger partial charge in [0, 0.05) is 5.69 Å². The average molecular weight is 344 g/mol. The second kappa shape index (κ2) is 6.39. The zero-order valence-electron chi connectivity index (χ0n) is 11.5. The summed E-state index contributed by atoms with van der Waals surface area (Å²) in [6.07, 6.45) is 0. The van der Waals surface area contributed by atoms with Crippen molar-refractivity contribution in [2.45, 2.75) is 5.75 Å². The molecule has 1 amide bonds. The Bertz CT molecular complexity index is 870. The van der Waals surface area contributed by atoms with Crippen LogP contribution in [0.2, 0.25) is 0 Å². The Morgan fingerprint density at radius 2 is 1.74 bits per heavy atom. The summed E-state index contributed by atoms with van der Waals surface area (Å²) in [7, 11) is -3.78. The number of anilines is 1. The topological polar surface area (TPSA) is 89.3 Å². The van der Waals surface area contributed by atoms with Gasteiger partial charge in [-0.3, -0.25) is 4.79 Å². The van der Waals surface area contributed by atoms with Crippen molar-refractivity contribution in [1.29, 1.82) is 0 Å². The first kappa shape index (κ1) is 17.0. The monoisotopic (exact) mass is 344 g/mol. The highest BCUT2D eigenvalue weighted by atomic mass is 32.2. The number of amides is 1. The second-order valence-electron chi connectivity index (χ2n) is 4.68. The van der Waals surface area contributed by atoms with Crippen molar-refractivity contribution in [1.82, 2.24) is 0 Å². The molecule has 0 spiro atoms. The Balaban J connectivity index is 2.28. The van der Waals surface area contributed by atoms with Gasteiger partial charge in [-0.25, -0.2) is 26.7 Å². The number of nitrogens with one attached hydrogen (secondary N) is 1. The van der Waals surface area contributed by atoms with Crippen LogP contribution in [0, 0.1) is 17.5 Å². The van der Waals surface area contributed by atoms with Gasteiger partial charge in [0.15, 0.2) is 11.6 Å². The van der Waals surface area contributed by atoms with E-state index in [0.717, 1.165) is 0 Å². The van der Waals surface area contributed by atoms with Crippen molar-refractivity contribution in [3.63, 3.8) is 0 Å². The largest absolute Gasteiger partial charge is 0.322 e. The van der Waals surface area contributed by atoms with E-state index in [2.05, 4.69) is 5.32 Å². The molecule has 0 fully saturated rings. The van der Waals surface area contributed by atoms with Crippen LogP contribution in [0.3, 0.4) is 0 Å². The normalized spacial score (nSPS) is 11.3. The molecule has 0 bridgehead atoms. The first-order valence-corrected chi connectivity index (χ1v) is 7.93. The predicted octanol–water partition coefficient (Wildman–Crippen LogP) is 2.14. The van der Waals surface area contributed by atoms with Crippen molar-refractivity contribution in [3.05, 3.63) is 65.0 Å². The van der Waals surface area contributed by atoms with E-state index in [0.29, 0.717) is 12.1 Å². The molecule has 2 aromatic rings. The van der Waals surface area contributed by atoms with Gasteiger partial charge in [-0.05, 0) is 29.8 Å². The van der Waals surface area contributed by atoms with Crippen LogP contribution in [-0.2, 0) is 15.8 Å². The number of halogens is 3. The van der Waals surface area contributed by atoms with Gasteiger partial charge in [-0.2, -0.15) is 0 Å². The molecule has 0 aliphatic carbocycles. The number of benzene rings is 2. The van der Waals surface area contributed by atoms with Crippen LogP contribution in [0.25, 0.3) is 0 Å². The number of hydrogen-bond acceptors (Lipinski definition) is 3. The van der Waals surface area contributed by atoms with Crippen molar-refractivity contribution >= 4 is 21.6 Å². The lowest BCUT2D eigenvalue weighted by molar-refractivity contribution is 0.101. The van der Waals surface area contributed by atoms with Crippen LogP contribution in [0.4, 0.5) is 18.9 Å². The molecule has 0 atom stereocenters. The van der Waals surface area contributed by atoms with Gasteiger partial charge in [-0.15, -0.1) is 0 Å². The maximum Gasteiger partial charge on any atom is 0.261 e. The number of hydrogen-bond donors (Lipinski definition) is 2. The second-order valence-corrected chi connectivity index (χ2v) is 6.29. The van der Waals surface area contributed by atoms with E-state index in [-0.39, 0.29) is 11.3 Å². The minimum absolute atomic E-state index is 0.0826. The predicted molar refractivity (Wildman–Crippen MR) is 77.5 cm³/mol. The fourth-order valence-corrected chi connectivity index (χ4v) is 2.54. The number of carbonyl (C=O) groups is 1. The van der Waals surface area contributed by atoms with Crippen molar-refractivity contribution in [3.8, 4) is 0 Å². The third-order valence-electron chi connectivity index (χ3n) is 2.82. The molecule has 122 valence electrons. The van der Waals surface area contributed by atoms with E-state index in [9.17, 15) is 26.4 Å². The maximum absolute atomic E-state index is 13.5. The minimum atomic E-state index is -3.78. The minimum Gasteiger partial charge on any atom is -0.322 e. The number of primary sulfonamides is 1.